The lowest BCUT2D eigenvalue weighted by Crippen LogP contribution is -2.38. The third-order valence-electron chi connectivity index (χ3n) is 2.26. The van der Waals surface area contributed by atoms with E-state index in [-0.39, 0.29) is 24.3 Å². The summed E-state index contributed by atoms with van der Waals surface area (Å²) in [5, 5.41) is 5.76. The maximum atomic E-state index is 13.2. The molecular weight excluding hydrogens is 219 g/mol. The molecule has 0 saturated heterocycles. The minimum Gasteiger partial charge on any atom is -0.353 e. The summed E-state index contributed by atoms with van der Waals surface area (Å²) in [6.45, 7) is 4.69. The van der Waals surface area contributed by atoms with Crippen LogP contribution < -0.4 is 10.6 Å². The Balaban J connectivity index is 2.21. The number of carbonyl (C=O) groups excluding carboxylic acids is 1. The summed E-state index contributed by atoms with van der Waals surface area (Å²) in [4.78, 5) is 11.3. The van der Waals surface area contributed by atoms with E-state index in [1.165, 1.54) is 6.07 Å². The monoisotopic (exact) mass is 238 g/mol. The molecule has 0 saturated carbocycles. The van der Waals surface area contributed by atoms with Crippen molar-refractivity contribution in [1.29, 1.82) is 0 Å². The third kappa shape index (κ3) is 5.45. The summed E-state index contributed by atoms with van der Waals surface area (Å²) in [5.74, 6) is -0.227. The summed E-state index contributed by atoms with van der Waals surface area (Å²) in [7, 11) is 0. The van der Waals surface area contributed by atoms with Gasteiger partial charge in [0.25, 0.3) is 0 Å². The number of carbonyl (C=O) groups is 1. The average molecular weight is 238 g/mol. The van der Waals surface area contributed by atoms with Gasteiger partial charge in [0.05, 0.1) is 6.54 Å². The Bertz CT molecular complexity index is 366. The highest BCUT2D eigenvalue weighted by atomic mass is 19.1. The van der Waals surface area contributed by atoms with Gasteiger partial charge in [0.15, 0.2) is 0 Å². The Hall–Kier alpha value is -1.42. The van der Waals surface area contributed by atoms with Crippen molar-refractivity contribution in [1.82, 2.24) is 10.6 Å². The van der Waals surface area contributed by atoms with Crippen molar-refractivity contribution in [2.75, 3.05) is 13.1 Å². The molecule has 17 heavy (non-hydrogen) atoms. The van der Waals surface area contributed by atoms with Crippen LogP contribution >= 0.6 is 0 Å². The minimum absolute atomic E-state index is 0.0338. The van der Waals surface area contributed by atoms with Gasteiger partial charge in [-0.3, -0.25) is 4.79 Å². The van der Waals surface area contributed by atoms with Crippen LogP contribution in [0.25, 0.3) is 0 Å². The van der Waals surface area contributed by atoms with Crippen molar-refractivity contribution in [3.8, 4) is 0 Å². The first-order valence-corrected chi connectivity index (χ1v) is 5.83. The van der Waals surface area contributed by atoms with E-state index in [0.717, 1.165) is 0 Å². The second-order valence-electron chi connectivity index (χ2n) is 4.24. The van der Waals surface area contributed by atoms with Gasteiger partial charge >= 0.3 is 0 Å². The first kappa shape index (κ1) is 13.6. The van der Waals surface area contributed by atoms with E-state index in [2.05, 4.69) is 10.6 Å². The van der Waals surface area contributed by atoms with Gasteiger partial charge in [-0.15, -0.1) is 0 Å². The van der Waals surface area contributed by atoms with E-state index in [9.17, 15) is 9.18 Å². The van der Waals surface area contributed by atoms with Crippen LogP contribution in [0.4, 0.5) is 4.39 Å². The first-order valence-electron chi connectivity index (χ1n) is 5.83. The molecule has 0 aromatic heterocycles. The zero-order valence-corrected chi connectivity index (χ0v) is 10.3. The zero-order chi connectivity index (χ0) is 12.7. The Morgan fingerprint density at radius 3 is 2.71 bits per heavy atom. The fourth-order valence-corrected chi connectivity index (χ4v) is 1.50. The third-order valence-corrected chi connectivity index (χ3v) is 2.26. The fraction of sp³-hybridized carbons (Fsp3) is 0.462. The maximum absolute atomic E-state index is 13.2. The molecular formula is C13H19FN2O. The molecule has 0 unspecified atom stereocenters. The van der Waals surface area contributed by atoms with E-state index in [0.29, 0.717) is 18.5 Å². The van der Waals surface area contributed by atoms with Crippen molar-refractivity contribution in [3.05, 3.63) is 35.6 Å². The molecule has 0 radical (unpaired) electrons. The summed E-state index contributed by atoms with van der Waals surface area (Å²) in [5.41, 5.74) is 0.671. The average Bonchev–Trinajstić information content (AvgIpc) is 2.25. The molecule has 0 aliphatic carbocycles. The van der Waals surface area contributed by atoms with Crippen molar-refractivity contribution < 1.29 is 9.18 Å². The number of hydrogen-bond donors (Lipinski definition) is 2. The Labute approximate surface area is 101 Å². The normalized spacial score (nSPS) is 10.6. The summed E-state index contributed by atoms with van der Waals surface area (Å²) in [6.07, 6.45) is 0.585. The quantitative estimate of drug-likeness (QED) is 0.737. The minimum atomic E-state index is -0.194. The smallest absolute Gasteiger partial charge is 0.234 e. The second kappa shape index (κ2) is 7.01. The number of amides is 1. The van der Waals surface area contributed by atoms with Crippen LogP contribution in [0.3, 0.4) is 0 Å². The van der Waals surface area contributed by atoms with E-state index >= 15 is 0 Å². The molecule has 0 aliphatic heterocycles. The van der Waals surface area contributed by atoms with Gasteiger partial charge in [-0.25, -0.2) is 4.39 Å². The fourth-order valence-electron chi connectivity index (χ4n) is 1.50. The van der Waals surface area contributed by atoms with E-state index in [1.54, 1.807) is 12.1 Å². The second-order valence-corrected chi connectivity index (χ2v) is 4.24. The largest absolute Gasteiger partial charge is 0.353 e. The highest BCUT2D eigenvalue weighted by molar-refractivity contribution is 5.78. The molecule has 1 aromatic rings. The molecule has 1 rings (SSSR count). The van der Waals surface area contributed by atoms with Crippen LogP contribution in [0.1, 0.15) is 19.4 Å². The van der Waals surface area contributed by atoms with Gasteiger partial charge in [0.2, 0.25) is 5.91 Å². The van der Waals surface area contributed by atoms with Crippen LogP contribution in [0.15, 0.2) is 24.3 Å². The van der Waals surface area contributed by atoms with Crippen LogP contribution in [0.5, 0.6) is 0 Å². The van der Waals surface area contributed by atoms with E-state index in [1.807, 2.05) is 19.9 Å². The van der Waals surface area contributed by atoms with Crippen molar-refractivity contribution >= 4 is 5.91 Å². The van der Waals surface area contributed by atoms with Gasteiger partial charge in [-0.05, 0) is 38.4 Å². The number of halogens is 1. The lowest BCUT2D eigenvalue weighted by molar-refractivity contribution is -0.120. The predicted octanol–water partition coefficient (Wildman–Crippen LogP) is 1.48. The Kier molecular flexibility index (Phi) is 5.63. The highest BCUT2D eigenvalue weighted by Crippen LogP contribution is 2.05. The lowest BCUT2D eigenvalue weighted by Gasteiger charge is -2.09. The van der Waals surface area contributed by atoms with E-state index in [4.69, 9.17) is 0 Å². The molecule has 0 bridgehead atoms. The molecule has 3 nitrogen and oxygen atoms in total. The maximum Gasteiger partial charge on any atom is 0.234 e. The highest BCUT2D eigenvalue weighted by Gasteiger charge is 2.03. The molecule has 0 heterocycles. The summed E-state index contributed by atoms with van der Waals surface area (Å²) >= 11 is 0. The first-order chi connectivity index (χ1) is 8.09. The van der Waals surface area contributed by atoms with Crippen LogP contribution in [0.2, 0.25) is 0 Å². The Morgan fingerprint density at radius 2 is 2.06 bits per heavy atom. The molecule has 0 spiro atoms. The molecule has 0 atom stereocenters. The van der Waals surface area contributed by atoms with Crippen LogP contribution in [0, 0.1) is 5.82 Å². The molecule has 2 N–H and O–H groups in total. The number of rotatable bonds is 6. The molecule has 1 amide bonds. The van der Waals surface area contributed by atoms with Gasteiger partial charge in [0.1, 0.15) is 5.82 Å². The molecule has 94 valence electrons. The molecule has 4 heteroatoms. The van der Waals surface area contributed by atoms with Crippen LogP contribution in [-0.4, -0.2) is 25.0 Å². The SMILES string of the molecule is CC(C)NC(=O)CNCCc1ccccc1F. The number of hydrogen-bond acceptors (Lipinski definition) is 2. The van der Waals surface area contributed by atoms with Crippen molar-refractivity contribution in [3.63, 3.8) is 0 Å². The zero-order valence-electron chi connectivity index (χ0n) is 10.3. The van der Waals surface area contributed by atoms with Crippen LogP contribution in [-0.2, 0) is 11.2 Å². The summed E-state index contributed by atoms with van der Waals surface area (Å²) < 4.78 is 13.2. The number of benzene rings is 1. The van der Waals surface area contributed by atoms with Gasteiger partial charge < -0.3 is 10.6 Å². The van der Waals surface area contributed by atoms with Gasteiger partial charge in [0, 0.05) is 6.04 Å². The predicted molar refractivity (Wildman–Crippen MR) is 66.3 cm³/mol. The Morgan fingerprint density at radius 1 is 1.35 bits per heavy atom. The standard InChI is InChI=1S/C13H19FN2O/c1-10(2)16-13(17)9-15-8-7-11-5-3-4-6-12(11)14/h3-6,10,15H,7-9H2,1-2H3,(H,16,17). The number of nitrogens with one attached hydrogen (secondary N) is 2. The summed E-state index contributed by atoms with van der Waals surface area (Å²) in [6, 6.07) is 6.83. The lowest BCUT2D eigenvalue weighted by atomic mass is 10.1. The molecule has 0 aliphatic rings. The van der Waals surface area contributed by atoms with Crippen molar-refractivity contribution in [2.24, 2.45) is 0 Å². The van der Waals surface area contributed by atoms with Gasteiger partial charge in [-0.2, -0.15) is 0 Å². The van der Waals surface area contributed by atoms with E-state index < -0.39 is 0 Å². The van der Waals surface area contributed by atoms with Gasteiger partial charge in [-0.1, -0.05) is 18.2 Å². The topological polar surface area (TPSA) is 41.1 Å². The van der Waals surface area contributed by atoms with Crippen molar-refractivity contribution in [2.45, 2.75) is 26.3 Å². The molecule has 1 aromatic carbocycles. The molecule has 0 fully saturated rings.